The van der Waals surface area contributed by atoms with Crippen molar-refractivity contribution in [1.29, 1.82) is 5.26 Å². The number of pyridine rings is 1. The molecule has 0 saturated carbocycles. The zero-order chi connectivity index (χ0) is 26.6. The molecule has 4 rings (SSSR count). The van der Waals surface area contributed by atoms with E-state index in [9.17, 15) is 23.2 Å². The third kappa shape index (κ3) is 6.01. The molecule has 0 aliphatic rings. The Morgan fingerprint density at radius 3 is 2.54 bits per heavy atom. The van der Waals surface area contributed by atoms with Crippen molar-refractivity contribution in [2.45, 2.75) is 23.9 Å². The van der Waals surface area contributed by atoms with E-state index in [2.05, 4.69) is 4.98 Å². The number of fused-ring (bicyclic) bond motifs is 1. The summed E-state index contributed by atoms with van der Waals surface area (Å²) in [5.74, 6) is 0.596. The number of allylic oxidation sites excluding steroid dienone is 1. The first-order valence-corrected chi connectivity index (χ1v) is 12.2. The maximum atomic E-state index is 13.3. The number of rotatable bonds is 7. The van der Waals surface area contributed by atoms with Gasteiger partial charge in [-0.2, -0.15) is 18.4 Å². The normalized spacial score (nSPS) is 11.6. The summed E-state index contributed by atoms with van der Waals surface area (Å²) in [6, 6.07) is 21.4. The lowest BCUT2D eigenvalue weighted by Gasteiger charge is -2.13. The lowest BCUT2D eigenvalue weighted by Crippen LogP contribution is -2.10. The largest absolute Gasteiger partial charge is 0.496 e. The van der Waals surface area contributed by atoms with Crippen molar-refractivity contribution in [2.75, 3.05) is 7.11 Å². The van der Waals surface area contributed by atoms with Crippen LogP contribution in [0.5, 0.6) is 5.75 Å². The van der Waals surface area contributed by atoms with Gasteiger partial charge < -0.3 is 4.74 Å². The van der Waals surface area contributed by atoms with Crippen LogP contribution in [0.15, 0.2) is 77.8 Å². The predicted molar refractivity (Wildman–Crippen MR) is 139 cm³/mol. The number of aromatic nitrogens is 1. The number of hydrogen-bond donors (Lipinski definition) is 0. The van der Waals surface area contributed by atoms with Gasteiger partial charge in [0.05, 0.1) is 12.7 Å². The van der Waals surface area contributed by atoms with Crippen LogP contribution in [0.3, 0.4) is 0 Å². The summed E-state index contributed by atoms with van der Waals surface area (Å²) in [7, 11) is 1.50. The van der Waals surface area contributed by atoms with Gasteiger partial charge in [-0.25, -0.2) is 4.98 Å². The first kappa shape index (κ1) is 26.0. The Kier molecular flexibility index (Phi) is 7.65. The van der Waals surface area contributed by atoms with Gasteiger partial charge >= 0.3 is 6.18 Å². The van der Waals surface area contributed by atoms with Gasteiger partial charge in [0.15, 0.2) is 5.78 Å². The maximum absolute atomic E-state index is 13.3. The van der Waals surface area contributed by atoms with Gasteiger partial charge in [-0.15, -0.1) is 11.8 Å². The first-order valence-electron chi connectivity index (χ1n) is 11.2. The summed E-state index contributed by atoms with van der Waals surface area (Å²) in [5, 5.41) is 11.5. The SMILES string of the molecule is COc1ccc(/C=C/C(=O)c2ccc3ccccc3c2)cc1CSc1nc(C(F)(F)F)cc(C)c1C#N. The summed E-state index contributed by atoms with van der Waals surface area (Å²) < 4.78 is 45.2. The number of thioether (sulfide) groups is 1. The third-order valence-electron chi connectivity index (χ3n) is 5.72. The number of alkyl halides is 3. The molecule has 1 heterocycles. The molecule has 4 aromatic rings. The predicted octanol–water partition coefficient (Wildman–Crippen LogP) is 7.63. The van der Waals surface area contributed by atoms with Gasteiger partial charge in [0.1, 0.15) is 22.5 Å². The van der Waals surface area contributed by atoms with Crippen LogP contribution >= 0.6 is 11.8 Å². The highest BCUT2D eigenvalue weighted by Crippen LogP contribution is 2.35. The molecule has 0 saturated heterocycles. The van der Waals surface area contributed by atoms with Crippen molar-refractivity contribution in [1.82, 2.24) is 4.98 Å². The Morgan fingerprint density at radius 1 is 1.08 bits per heavy atom. The quantitative estimate of drug-likeness (QED) is 0.143. The smallest absolute Gasteiger partial charge is 0.433 e. The Labute approximate surface area is 216 Å². The highest BCUT2D eigenvalue weighted by Gasteiger charge is 2.34. The highest BCUT2D eigenvalue weighted by atomic mass is 32.2. The summed E-state index contributed by atoms with van der Waals surface area (Å²) >= 11 is 1.03. The number of carbonyl (C=O) groups is 1. The Balaban J connectivity index is 1.57. The molecule has 0 aliphatic carbocycles. The number of ketones is 1. The lowest BCUT2D eigenvalue weighted by molar-refractivity contribution is -0.141. The van der Waals surface area contributed by atoms with Crippen molar-refractivity contribution in [2.24, 2.45) is 0 Å². The number of halogens is 3. The van der Waals surface area contributed by atoms with Crippen LogP contribution in [0.2, 0.25) is 0 Å². The molecule has 0 fully saturated rings. The molecule has 186 valence electrons. The number of aryl methyl sites for hydroxylation is 1. The van der Waals surface area contributed by atoms with E-state index in [0.29, 0.717) is 16.9 Å². The van der Waals surface area contributed by atoms with E-state index >= 15 is 0 Å². The second-order valence-electron chi connectivity index (χ2n) is 8.23. The monoisotopic (exact) mass is 518 g/mol. The van der Waals surface area contributed by atoms with Crippen molar-refractivity contribution < 1.29 is 22.7 Å². The van der Waals surface area contributed by atoms with Crippen LogP contribution in [0, 0.1) is 18.3 Å². The van der Waals surface area contributed by atoms with Gasteiger partial charge in [-0.1, -0.05) is 48.5 Å². The highest BCUT2D eigenvalue weighted by molar-refractivity contribution is 7.98. The molecule has 4 nitrogen and oxygen atoms in total. The molecular formula is C29H21F3N2O2S. The fraction of sp³-hybridized carbons (Fsp3) is 0.138. The zero-order valence-corrected chi connectivity index (χ0v) is 20.8. The average molecular weight is 519 g/mol. The Morgan fingerprint density at radius 2 is 1.84 bits per heavy atom. The van der Waals surface area contributed by atoms with Crippen LogP contribution < -0.4 is 4.74 Å². The van der Waals surface area contributed by atoms with E-state index < -0.39 is 11.9 Å². The third-order valence-corrected chi connectivity index (χ3v) is 6.74. The molecule has 0 amide bonds. The minimum absolute atomic E-state index is 0.00399. The molecule has 0 atom stereocenters. The number of nitrogens with zero attached hydrogens (tertiary/aromatic N) is 2. The van der Waals surface area contributed by atoms with Crippen LogP contribution in [0.4, 0.5) is 13.2 Å². The van der Waals surface area contributed by atoms with Gasteiger partial charge in [0, 0.05) is 16.9 Å². The van der Waals surface area contributed by atoms with E-state index in [1.807, 2.05) is 42.5 Å². The topological polar surface area (TPSA) is 63.0 Å². The second-order valence-corrected chi connectivity index (χ2v) is 9.20. The van der Waals surface area contributed by atoms with Crippen molar-refractivity contribution in [3.8, 4) is 11.8 Å². The molecule has 0 aliphatic heterocycles. The number of carbonyl (C=O) groups excluding carboxylic acids is 1. The molecule has 8 heteroatoms. The molecule has 1 aromatic heterocycles. The standard InChI is InChI=1S/C29H21F3N2O2S/c1-18-13-27(29(30,31)32)34-28(24(18)16-33)37-17-23-14-19(8-12-26(23)36-2)7-11-25(35)22-10-9-20-5-3-4-6-21(20)15-22/h3-15H,17H2,1-2H3/b11-7+. The summed E-state index contributed by atoms with van der Waals surface area (Å²) in [6.07, 6.45) is -1.46. The number of methoxy groups -OCH3 is 1. The Hall–Kier alpha value is -4.09. The fourth-order valence-electron chi connectivity index (χ4n) is 3.80. The molecule has 0 N–H and O–H groups in total. The minimum Gasteiger partial charge on any atom is -0.496 e. The van der Waals surface area contributed by atoms with Gasteiger partial charge in [-0.3, -0.25) is 4.79 Å². The molecular weight excluding hydrogens is 497 g/mol. The molecule has 0 spiro atoms. The summed E-state index contributed by atoms with van der Waals surface area (Å²) in [5.41, 5.74) is 1.25. The summed E-state index contributed by atoms with van der Waals surface area (Å²) in [6.45, 7) is 1.46. The summed E-state index contributed by atoms with van der Waals surface area (Å²) in [4.78, 5) is 16.4. The van der Waals surface area contributed by atoms with Gasteiger partial charge in [-0.05, 0) is 59.2 Å². The van der Waals surface area contributed by atoms with Gasteiger partial charge in [0.25, 0.3) is 0 Å². The number of benzene rings is 3. The van der Waals surface area contributed by atoms with Crippen LogP contribution in [-0.4, -0.2) is 17.9 Å². The number of hydrogen-bond acceptors (Lipinski definition) is 5. The van der Waals surface area contributed by atoms with Crippen molar-refractivity contribution >= 4 is 34.4 Å². The molecule has 0 unspecified atom stereocenters. The number of nitriles is 1. The molecule has 37 heavy (non-hydrogen) atoms. The van der Waals surface area contributed by atoms with Crippen LogP contribution in [0.25, 0.3) is 16.8 Å². The van der Waals surface area contributed by atoms with Crippen molar-refractivity contribution in [3.05, 3.63) is 106 Å². The average Bonchev–Trinajstić information content (AvgIpc) is 2.89. The minimum atomic E-state index is -4.62. The Bertz CT molecular complexity index is 1560. The van der Waals surface area contributed by atoms with Crippen LogP contribution in [-0.2, 0) is 11.9 Å². The fourth-order valence-corrected chi connectivity index (χ4v) is 4.83. The number of ether oxygens (including phenoxy) is 1. The van der Waals surface area contributed by atoms with Crippen molar-refractivity contribution in [3.63, 3.8) is 0 Å². The van der Waals surface area contributed by atoms with E-state index in [-0.39, 0.29) is 27.7 Å². The first-order chi connectivity index (χ1) is 17.7. The van der Waals surface area contributed by atoms with Gasteiger partial charge in [0.2, 0.25) is 0 Å². The lowest BCUT2D eigenvalue weighted by atomic mass is 10.0. The van der Waals surface area contributed by atoms with Crippen LogP contribution in [0.1, 0.15) is 38.3 Å². The molecule has 0 radical (unpaired) electrons. The zero-order valence-electron chi connectivity index (χ0n) is 20.0. The second kappa shape index (κ2) is 10.9. The van der Waals surface area contributed by atoms with E-state index in [4.69, 9.17) is 4.74 Å². The van der Waals surface area contributed by atoms with E-state index in [0.717, 1.165) is 34.2 Å². The molecule has 0 bridgehead atoms. The molecule has 3 aromatic carbocycles. The van der Waals surface area contributed by atoms with E-state index in [1.165, 1.54) is 20.1 Å². The maximum Gasteiger partial charge on any atom is 0.433 e. The van der Waals surface area contributed by atoms with E-state index in [1.54, 1.807) is 30.3 Å².